The Morgan fingerprint density at radius 3 is 2.75 bits per heavy atom. The van der Waals surface area contributed by atoms with Crippen LogP contribution in [0.2, 0.25) is 0 Å². The number of carbonyl (C=O) groups is 1. The van der Waals surface area contributed by atoms with Crippen molar-refractivity contribution >= 4 is 5.91 Å². The highest BCUT2D eigenvalue weighted by molar-refractivity contribution is 5.82. The summed E-state index contributed by atoms with van der Waals surface area (Å²) < 4.78 is 0. The lowest BCUT2D eigenvalue weighted by Crippen LogP contribution is -2.53. The van der Waals surface area contributed by atoms with Crippen molar-refractivity contribution in [2.45, 2.75) is 56.8 Å². The van der Waals surface area contributed by atoms with Crippen LogP contribution in [0.15, 0.2) is 24.3 Å². The van der Waals surface area contributed by atoms with Gasteiger partial charge in [-0.25, -0.2) is 0 Å². The first-order valence-electron chi connectivity index (χ1n) is 7.52. The van der Waals surface area contributed by atoms with E-state index >= 15 is 0 Å². The zero-order valence-corrected chi connectivity index (χ0v) is 11.6. The van der Waals surface area contributed by atoms with E-state index in [4.69, 9.17) is 0 Å². The van der Waals surface area contributed by atoms with Crippen molar-refractivity contribution < 1.29 is 9.90 Å². The number of aliphatic hydroxyl groups is 1. The minimum absolute atomic E-state index is 0.0189. The third kappa shape index (κ3) is 2.86. The second-order valence-electron chi connectivity index (χ2n) is 5.87. The first-order chi connectivity index (χ1) is 9.74. The highest BCUT2D eigenvalue weighted by Gasteiger charge is 2.29. The van der Waals surface area contributed by atoms with E-state index in [0.29, 0.717) is 0 Å². The summed E-state index contributed by atoms with van der Waals surface area (Å²) in [6.45, 7) is 0.738. The third-order valence-electron chi connectivity index (χ3n) is 4.45. The second kappa shape index (κ2) is 5.94. The lowest BCUT2D eigenvalue weighted by atomic mass is 9.91. The molecule has 0 aromatic heterocycles. The number of benzene rings is 1. The minimum Gasteiger partial charge on any atom is -0.391 e. The molecule has 20 heavy (non-hydrogen) atoms. The van der Waals surface area contributed by atoms with Gasteiger partial charge in [0.2, 0.25) is 5.91 Å². The van der Waals surface area contributed by atoms with Crippen LogP contribution in [-0.2, 0) is 17.8 Å². The molecule has 1 aromatic rings. The Labute approximate surface area is 119 Å². The summed E-state index contributed by atoms with van der Waals surface area (Å²) in [7, 11) is 0. The van der Waals surface area contributed by atoms with E-state index in [-0.39, 0.29) is 24.1 Å². The predicted octanol–water partition coefficient (Wildman–Crippen LogP) is 1.12. The highest BCUT2D eigenvalue weighted by atomic mass is 16.3. The highest BCUT2D eigenvalue weighted by Crippen LogP contribution is 2.20. The molecule has 0 spiro atoms. The summed E-state index contributed by atoms with van der Waals surface area (Å²) in [5, 5.41) is 16.2. The first-order valence-corrected chi connectivity index (χ1v) is 7.52. The molecular formula is C16H22N2O2. The largest absolute Gasteiger partial charge is 0.391 e. The molecule has 0 saturated heterocycles. The van der Waals surface area contributed by atoms with Gasteiger partial charge >= 0.3 is 0 Å². The number of aliphatic hydroxyl groups excluding tert-OH is 1. The molecule has 1 aliphatic heterocycles. The second-order valence-corrected chi connectivity index (χ2v) is 5.87. The van der Waals surface area contributed by atoms with Gasteiger partial charge in [-0.1, -0.05) is 37.1 Å². The van der Waals surface area contributed by atoms with Crippen LogP contribution in [0.4, 0.5) is 0 Å². The van der Waals surface area contributed by atoms with Crippen LogP contribution in [0.1, 0.15) is 36.8 Å². The SMILES string of the molecule is O=C(N[C@H]1CCCC[C@@H]1O)[C@H]1Cc2ccccc2CN1. The fourth-order valence-electron chi connectivity index (χ4n) is 3.20. The molecule has 1 fully saturated rings. The van der Waals surface area contributed by atoms with Crippen molar-refractivity contribution in [2.24, 2.45) is 0 Å². The Bertz CT molecular complexity index is 489. The molecule has 1 aromatic carbocycles. The molecule has 1 aliphatic carbocycles. The fraction of sp³-hybridized carbons (Fsp3) is 0.562. The van der Waals surface area contributed by atoms with Crippen LogP contribution < -0.4 is 10.6 Å². The van der Waals surface area contributed by atoms with Gasteiger partial charge in [0.25, 0.3) is 0 Å². The fourth-order valence-corrected chi connectivity index (χ4v) is 3.20. The summed E-state index contributed by atoms with van der Waals surface area (Å²) in [5.41, 5.74) is 2.52. The Morgan fingerprint density at radius 1 is 1.20 bits per heavy atom. The molecule has 0 radical (unpaired) electrons. The first kappa shape index (κ1) is 13.6. The Morgan fingerprint density at radius 2 is 1.95 bits per heavy atom. The van der Waals surface area contributed by atoms with Gasteiger partial charge < -0.3 is 15.7 Å². The van der Waals surface area contributed by atoms with Crippen molar-refractivity contribution in [3.8, 4) is 0 Å². The smallest absolute Gasteiger partial charge is 0.237 e. The van der Waals surface area contributed by atoms with Crippen LogP contribution in [0, 0.1) is 0 Å². The summed E-state index contributed by atoms with van der Waals surface area (Å²) >= 11 is 0. The van der Waals surface area contributed by atoms with Gasteiger partial charge in [-0.3, -0.25) is 4.79 Å². The summed E-state index contributed by atoms with van der Waals surface area (Å²) in [6.07, 6.45) is 4.17. The topological polar surface area (TPSA) is 61.4 Å². The molecule has 3 rings (SSSR count). The van der Waals surface area contributed by atoms with Gasteiger partial charge in [0.05, 0.1) is 18.2 Å². The molecule has 1 saturated carbocycles. The number of nitrogens with one attached hydrogen (secondary N) is 2. The number of hydrogen-bond acceptors (Lipinski definition) is 3. The number of rotatable bonds is 2. The van der Waals surface area contributed by atoms with E-state index in [9.17, 15) is 9.90 Å². The van der Waals surface area contributed by atoms with Crippen molar-refractivity contribution in [2.75, 3.05) is 0 Å². The third-order valence-corrected chi connectivity index (χ3v) is 4.45. The zero-order valence-electron chi connectivity index (χ0n) is 11.6. The molecule has 0 unspecified atom stereocenters. The Kier molecular flexibility index (Phi) is 4.03. The van der Waals surface area contributed by atoms with Gasteiger partial charge in [-0.15, -0.1) is 0 Å². The molecular weight excluding hydrogens is 252 g/mol. The normalized spacial score (nSPS) is 29.6. The van der Waals surface area contributed by atoms with Crippen molar-refractivity contribution in [1.82, 2.24) is 10.6 Å². The summed E-state index contributed by atoms with van der Waals surface area (Å²) in [4.78, 5) is 12.3. The molecule has 3 atom stereocenters. The molecule has 1 heterocycles. The van der Waals surface area contributed by atoms with E-state index in [1.165, 1.54) is 11.1 Å². The van der Waals surface area contributed by atoms with Crippen molar-refractivity contribution in [3.05, 3.63) is 35.4 Å². The number of carbonyl (C=O) groups excluding carboxylic acids is 1. The summed E-state index contributed by atoms with van der Waals surface area (Å²) in [6, 6.07) is 7.98. The average Bonchev–Trinajstić information content (AvgIpc) is 2.49. The van der Waals surface area contributed by atoms with Gasteiger partial charge in [-0.05, 0) is 30.4 Å². The van der Waals surface area contributed by atoms with E-state index in [1.54, 1.807) is 0 Å². The molecule has 2 aliphatic rings. The maximum Gasteiger partial charge on any atom is 0.237 e. The average molecular weight is 274 g/mol. The number of amides is 1. The Hall–Kier alpha value is -1.39. The van der Waals surface area contributed by atoms with Crippen LogP contribution in [-0.4, -0.2) is 29.2 Å². The van der Waals surface area contributed by atoms with E-state index in [2.05, 4.69) is 22.8 Å². The van der Waals surface area contributed by atoms with E-state index < -0.39 is 0 Å². The molecule has 4 nitrogen and oxygen atoms in total. The molecule has 108 valence electrons. The van der Waals surface area contributed by atoms with Crippen LogP contribution in [0.25, 0.3) is 0 Å². The van der Waals surface area contributed by atoms with E-state index in [0.717, 1.165) is 38.6 Å². The standard InChI is InChI=1S/C16H22N2O2/c19-15-8-4-3-7-13(15)18-16(20)14-9-11-5-1-2-6-12(11)10-17-14/h1-2,5-6,13-15,17,19H,3-4,7-10H2,(H,18,20)/t13-,14+,15-/m0/s1. The van der Waals surface area contributed by atoms with Crippen LogP contribution in [0.5, 0.6) is 0 Å². The summed E-state index contributed by atoms with van der Waals surface area (Å²) in [5.74, 6) is 0.0189. The van der Waals surface area contributed by atoms with Gasteiger partial charge in [0, 0.05) is 6.54 Å². The van der Waals surface area contributed by atoms with Gasteiger partial charge in [-0.2, -0.15) is 0 Å². The Balaban J connectivity index is 1.61. The van der Waals surface area contributed by atoms with E-state index in [1.807, 2.05) is 12.1 Å². The van der Waals surface area contributed by atoms with Crippen LogP contribution in [0.3, 0.4) is 0 Å². The molecule has 3 N–H and O–H groups in total. The lowest BCUT2D eigenvalue weighted by molar-refractivity contribution is -0.125. The quantitative estimate of drug-likeness (QED) is 0.757. The number of fused-ring (bicyclic) bond motifs is 1. The van der Waals surface area contributed by atoms with Crippen molar-refractivity contribution in [3.63, 3.8) is 0 Å². The lowest BCUT2D eigenvalue weighted by Gasteiger charge is -2.31. The van der Waals surface area contributed by atoms with Crippen LogP contribution >= 0.6 is 0 Å². The van der Waals surface area contributed by atoms with Crippen molar-refractivity contribution in [1.29, 1.82) is 0 Å². The predicted molar refractivity (Wildman–Crippen MR) is 77.2 cm³/mol. The maximum absolute atomic E-state index is 12.3. The maximum atomic E-state index is 12.3. The van der Waals surface area contributed by atoms with Gasteiger partial charge in [0.1, 0.15) is 0 Å². The number of hydrogen-bond donors (Lipinski definition) is 3. The van der Waals surface area contributed by atoms with Gasteiger partial charge in [0.15, 0.2) is 0 Å². The monoisotopic (exact) mass is 274 g/mol. The zero-order chi connectivity index (χ0) is 13.9. The molecule has 4 heteroatoms. The minimum atomic E-state index is -0.386. The molecule has 0 bridgehead atoms. The molecule has 1 amide bonds.